The van der Waals surface area contributed by atoms with E-state index in [2.05, 4.69) is 37.6 Å². The number of aliphatic hydroxyl groups excluding tert-OH is 2. The van der Waals surface area contributed by atoms with Crippen LogP contribution in [0.5, 0.6) is 0 Å². The molecule has 0 rings (SSSR count). The van der Waals surface area contributed by atoms with E-state index in [4.69, 9.17) is 10.2 Å². The summed E-state index contributed by atoms with van der Waals surface area (Å²) in [5.74, 6) is 0. The number of aliphatic hydroxyl groups is 2. The minimum Gasteiger partial charge on any atom is -0.499 e. The van der Waals surface area contributed by atoms with Gasteiger partial charge >= 0.3 is 0 Å². The molecule has 58 valence electrons. The van der Waals surface area contributed by atoms with Crippen molar-refractivity contribution in [2.45, 2.75) is 0 Å². The summed E-state index contributed by atoms with van der Waals surface area (Å²) in [5.41, 5.74) is 0. The molecule has 11 heavy (non-hydrogen) atoms. The van der Waals surface area contributed by atoms with E-state index in [1.807, 2.05) is 0 Å². The van der Waals surface area contributed by atoms with Crippen LogP contribution in [-0.4, -0.2) is 20.3 Å². The quantitative estimate of drug-likeness (QED) is 0.441. The first kappa shape index (κ1) is 17.1. The molecule has 0 aliphatic rings. The fourth-order valence-electron chi connectivity index (χ4n) is 0. The predicted molar refractivity (Wildman–Crippen MR) is 50.8 cm³/mol. The second kappa shape index (κ2) is 12.5. The van der Waals surface area contributed by atoms with Gasteiger partial charge in [-0.1, -0.05) is 13.2 Å². The third-order valence-electron chi connectivity index (χ3n) is 0.349. The van der Waals surface area contributed by atoms with Crippen molar-refractivity contribution < 1.29 is 29.7 Å². The van der Waals surface area contributed by atoms with Crippen LogP contribution in [0.25, 0.3) is 0 Å². The van der Waals surface area contributed by atoms with Gasteiger partial charge < -0.3 is 10.2 Å². The number of hydrogen-bond donors (Lipinski definition) is 2. The molecule has 0 atom stereocenters. The van der Waals surface area contributed by atoms with Gasteiger partial charge in [-0.25, -0.2) is 0 Å². The molecule has 0 unspecified atom stereocenters. The summed E-state index contributed by atoms with van der Waals surface area (Å²) in [6.07, 6.45) is 2.41. The molecular formula is C6H8O2S2Zn. The Morgan fingerprint density at radius 1 is 1.00 bits per heavy atom. The zero-order valence-electron chi connectivity index (χ0n) is 5.99. The average Bonchev–Trinajstić information content (AvgIpc) is 1.89. The molecule has 0 aliphatic heterocycles. The molecule has 0 saturated heterocycles. The Morgan fingerprint density at radius 3 is 1.09 bits per heavy atom. The van der Waals surface area contributed by atoms with Gasteiger partial charge in [-0.15, -0.1) is 0 Å². The molecule has 0 saturated carbocycles. The number of thiocarbonyl (C=S) groups is 2. The SMILES string of the molecule is C=CC(O)=S.C=CC(O)=S.[Zn]. The first-order chi connectivity index (χ1) is 4.54. The maximum Gasteiger partial charge on any atom is 0.180 e. The van der Waals surface area contributed by atoms with Crippen LogP contribution in [0.3, 0.4) is 0 Å². The fourth-order valence-corrected chi connectivity index (χ4v) is 0. The minimum absolute atomic E-state index is 0. The Hall–Kier alpha value is -0.117. The maximum atomic E-state index is 7.97. The standard InChI is InChI=1S/2C3H4OS.Zn/c2*1-2-3(4)5;/h2*2H,1H2,(H,4,5);. The molecule has 0 heterocycles. The van der Waals surface area contributed by atoms with Gasteiger partial charge in [-0.05, 0) is 36.6 Å². The van der Waals surface area contributed by atoms with Crippen molar-refractivity contribution in [1.29, 1.82) is 0 Å². The molecule has 0 radical (unpaired) electrons. The van der Waals surface area contributed by atoms with Crippen molar-refractivity contribution in [2.24, 2.45) is 0 Å². The van der Waals surface area contributed by atoms with E-state index in [9.17, 15) is 0 Å². The van der Waals surface area contributed by atoms with Gasteiger partial charge in [0.1, 0.15) is 0 Å². The molecule has 2 nitrogen and oxygen atoms in total. The van der Waals surface area contributed by atoms with Crippen LogP contribution in [0, 0.1) is 0 Å². The van der Waals surface area contributed by atoms with Crippen molar-refractivity contribution in [3.8, 4) is 0 Å². The van der Waals surface area contributed by atoms with Crippen LogP contribution in [0.15, 0.2) is 25.3 Å². The maximum absolute atomic E-state index is 7.97. The molecule has 0 fully saturated rings. The van der Waals surface area contributed by atoms with Crippen LogP contribution >= 0.6 is 24.4 Å². The molecule has 0 aromatic rings. The van der Waals surface area contributed by atoms with Crippen LogP contribution in [0.1, 0.15) is 0 Å². The van der Waals surface area contributed by atoms with E-state index >= 15 is 0 Å². The number of hydrogen-bond acceptors (Lipinski definition) is 2. The summed E-state index contributed by atoms with van der Waals surface area (Å²) in [6.45, 7) is 6.34. The van der Waals surface area contributed by atoms with Gasteiger partial charge in [0, 0.05) is 19.5 Å². The normalized spacial score (nSPS) is 5.82. The molecule has 0 spiro atoms. The summed E-state index contributed by atoms with van der Waals surface area (Å²) in [6, 6.07) is 0. The zero-order valence-corrected chi connectivity index (χ0v) is 10.6. The first-order valence-electron chi connectivity index (χ1n) is 2.25. The average molecular weight is 242 g/mol. The van der Waals surface area contributed by atoms with E-state index in [0.717, 1.165) is 0 Å². The molecule has 0 bridgehead atoms. The van der Waals surface area contributed by atoms with E-state index in [1.165, 1.54) is 12.2 Å². The van der Waals surface area contributed by atoms with Crippen molar-refractivity contribution in [3.05, 3.63) is 25.3 Å². The van der Waals surface area contributed by atoms with Crippen LogP contribution in [0.2, 0.25) is 0 Å². The van der Waals surface area contributed by atoms with Crippen LogP contribution in [-0.2, 0) is 19.5 Å². The molecule has 0 aromatic carbocycles. The first-order valence-corrected chi connectivity index (χ1v) is 3.07. The molecular weight excluding hydrogens is 234 g/mol. The van der Waals surface area contributed by atoms with Crippen molar-refractivity contribution >= 4 is 34.5 Å². The van der Waals surface area contributed by atoms with Gasteiger partial charge in [0.05, 0.1) is 0 Å². The third-order valence-corrected chi connectivity index (χ3v) is 0.683. The smallest absolute Gasteiger partial charge is 0.180 e. The topological polar surface area (TPSA) is 40.5 Å². The van der Waals surface area contributed by atoms with Crippen LogP contribution in [0.4, 0.5) is 0 Å². The second-order valence-electron chi connectivity index (χ2n) is 1.08. The van der Waals surface area contributed by atoms with Gasteiger partial charge in [0.2, 0.25) is 0 Å². The fraction of sp³-hybridized carbons (Fsp3) is 0. The Labute approximate surface area is 89.4 Å². The van der Waals surface area contributed by atoms with E-state index in [-0.39, 0.29) is 29.6 Å². The van der Waals surface area contributed by atoms with Crippen LogP contribution < -0.4 is 0 Å². The van der Waals surface area contributed by atoms with Gasteiger partial charge in [-0.3, -0.25) is 0 Å². The van der Waals surface area contributed by atoms with E-state index in [0.29, 0.717) is 0 Å². The Morgan fingerprint density at radius 2 is 1.09 bits per heavy atom. The Bertz CT molecular complexity index is 139. The summed E-state index contributed by atoms with van der Waals surface area (Å²) < 4.78 is 0. The van der Waals surface area contributed by atoms with Crippen molar-refractivity contribution in [3.63, 3.8) is 0 Å². The molecule has 0 amide bonds. The molecule has 5 heteroatoms. The molecule has 2 N–H and O–H groups in total. The van der Waals surface area contributed by atoms with Gasteiger partial charge in [0.25, 0.3) is 0 Å². The van der Waals surface area contributed by atoms with E-state index in [1.54, 1.807) is 0 Å². The molecule has 0 aliphatic carbocycles. The minimum atomic E-state index is -0.148. The zero-order chi connectivity index (χ0) is 8.57. The largest absolute Gasteiger partial charge is 0.499 e. The van der Waals surface area contributed by atoms with E-state index < -0.39 is 0 Å². The Balaban J connectivity index is -0.000000107. The second-order valence-corrected chi connectivity index (χ2v) is 1.92. The summed E-state index contributed by atoms with van der Waals surface area (Å²) in [5, 5.41) is 15.7. The predicted octanol–water partition coefficient (Wildman–Crippen LogP) is 2.11. The summed E-state index contributed by atoms with van der Waals surface area (Å²) >= 11 is 8.27. The third kappa shape index (κ3) is 40.7. The van der Waals surface area contributed by atoms with Gasteiger partial charge in [0.15, 0.2) is 10.1 Å². The molecule has 0 aromatic heterocycles. The number of rotatable bonds is 2. The van der Waals surface area contributed by atoms with Gasteiger partial charge in [-0.2, -0.15) is 0 Å². The monoisotopic (exact) mass is 240 g/mol. The summed E-state index contributed by atoms with van der Waals surface area (Å²) in [4.78, 5) is 0. The Kier molecular flexibility index (Phi) is 19.5. The van der Waals surface area contributed by atoms with Crippen molar-refractivity contribution in [1.82, 2.24) is 0 Å². The van der Waals surface area contributed by atoms with Crippen molar-refractivity contribution in [2.75, 3.05) is 0 Å². The summed E-state index contributed by atoms with van der Waals surface area (Å²) in [7, 11) is 0.